The number of aromatic hydroxyl groups is 1. The van der Waals surface area contributed by atoms with Crippen molar-refractivity contribution in [2.75, 3.05) is 7.11 Å². The number of ether oxygens (including phenoxy) is 1. The van der Waals surface area contributed by atoms with Crippen molar-refractivity contribution in [1.82, 2.24) is 10.5 Å². The Morgan fingerprint density at radius 3 is 2.94 bits per heavy atom. The Bertz CT molecular complexity index is 469. The second-order valence-corrected chi connectivity index (χ2v) is 3.56. The fraction of sp³-hybridized carbons (Fsp3) is 0.250. The molecule has 5 heteroatoms. The molecule has 0 unspecified atom stereocenters. The molecule has 0 radical (unpaired) electrons. The van der Waals surface area contributed by atoms with Gasteiger partial charge in [-0.05, 0) is 6.07 Å². The number of nitrogens with zero attached hydrogens (tertiary/aromatic N) is 1. The molecule has 1 aromatic carbocycles. The molecule has 2 aromatic rings. The maximum Gasteiger partial charge on any atom is 0.162 e. The number of para-hydroxylation sites is 1. The summed E-state index contributed by atoms with van der Waals surface area (Å²) in [5, 5.41) is 16.8. The van der Waals surface area contributed by atoms with Crippen LogP contribution >= 0.6 is 0 Å². The number of hydrogen-bond acceptors (Lipinski definition) is 5. The van der Waals surface area contributed by atoms with E-state index in [4.69, 9.17) is 9.26 Å². The molecule has 0 aliphatic rings. The number of benzene rings is 1. The number of aromatic nitrogens is 1. The smallest absolute Gasteiger partial charge is 0.162 e. The van der Waals surface area contributed by atoms with Gasteiger partial charge in [-0.15, -0.1) is 0 Å². The van der Waals surface area contributed by atoms with E-state index in [1.54, 1.807) is 12.1 Å². The Hall–Kier alpha value is -2.01. The SMILES string of the molecule is COc1cccc(CNCc2ccon2)c1O. The first kappa shape index (κ1) is 11.5. The van der Waals surface area contributed by atoms with Crippen molar-refractivity contribution in [3.8, 4) is 11.5 Å². The van der Waals surface area contributed by atoms with Crippen LogP contribution in [0.4, 0.5) is 0 Å². The normalized spacial score (nSPS) is 10.4. The van der Waals surface area contributed by atoms with Crippen molar-refractivity contribution in [3.63, 3.8) is 0 Å². The molecule has 0 aliphatic carbocycles. The molecule has 0 bridgehead atoms. The number of methoxy groups -OCH3 is 1. The zero-order chi connectivity index (χ0) is 12.1. The van der Waals surface area contributed by atoms with Gasteiger partial charge in [0.1, 0.15) is 6.26 Å². The van der Waals surface area contributed by atoms with Gasteiger partial charge in [-0.3, -0.25) is 0 Å². The molecule has 0 spiro atoms. The summed E-state index contributed by atoms with van der Waals surface area (Å²) in [6.07, 6.45) is 1.53. The van der Waals surface area contributed by atoms with Gasteiger partial charge in [0.15, 0.2) is 11.5 Å². The lowest BCUT2D eigenvalue weighted by Crippen LogP contribution is -2.13. The molecule has 0 saturated carbocycles. The van der Waals surface area contributed by atoms with Gasteiger partial charge in [0.25, 0.3) is 0 Å². The van der Waals surface area contributed by atoms with Crippen LogP contribution in [0.15, 0.2) is 35.1 Å². The predicted octanol–water partition coefficient (Wildman–Crippen LogP) is 1.68. The van der Waals surface area contributed by atoms with Gasteiger partial charge >= 0.3 is 0 Å². The molecule has 90 valence electrons. The molecular weight excluding hydrogens is 220 g/mol. The van der Waals surface area contributed by atoms with Crippen LogP contribution in [0.1, 0.15) is 11.3 Å². The van der Waals surface area contributed by atoms with Crippen LogP contribution in [0.5, 0.6) is 11.5 Å². The summed E-state index contributed by atoms with van der Waals surface area (Å²) in [5.74, 6) is 0.647. The lowest BCUT2D eigenvalue weighted by atomic mass is 10.2. The Morgan fingerprint density at radius 1 is 1.35 bits per heavy atom. The topological polar surface area (TPSA) is 67.5 Å². The van der Waals surface area contributed by atoms with E-state index in [1.807, 2.05) is 12.1 Å². The van der Waals surface area contributed by atoms with Crippen molar-refractivity contribution in [2.24, 2.45) is 0 Å². The molecular formula is C12H14N2O3. The highest BCUT2D eigenvalue weighted by molar-refractivity contribution is 5.45. The van der Waals surface area contributed by atoms with Crippen LogP contribution < -0.4 is 10.1 Å². The Labute approximate surface area is 99.0 Å². The Balaban J connectivity index is 1.95. The van der Waals surface area contributed by atoms with Gasteiger partial charge in [0.2, 0.25) is 0 Å². The van der Waals surface area contributed by atoms with Crippen LogP contribution in [0, 0.1) is 0 Å². The highest BCUT2D eigenvalue weighted by atomic mass is 16.5. The number of hydrogen-bond donors (Lipinski definition) is 2. The monoisotopic (exact) mass is 234 g/mol. The predicted molar refractivity (Wildman–Crippen MR) is 61.7 cm³/mol. The van der Waals surface area contributed by atoms with Crippen LogP contribution in [0.25, 0.3) is 0 Å². The standard InChI is InChI=1S/C12H14N2O3/c1-16-11-4-2-3-9(12(11)15)7-13-8-10-5-6-17-14-10/h2-6,13,15H,7-8H2,1H3. The summed E-state index contributed by atoms with van der Waals surface area (Å²) in [7, 11) is 1.53. The van der Waals surface area contributed by atoms with Crippen molar-refractivity contribution >= 4 is 0 Å². The van der Waals surface area contributed by atoms with E-state index in [0.717, 1.165) is 11.3 Å². The molecule has 2 N–H and O–H groups in total. The highest BCUT2D eigenvalue weighted by Crippen LogP contribution is 2.29. The summed E-state index contributed by atoms with van der Waals surface area (Å²) >= 11 is 0. The summed E-state index contributed by atoms with van der Waals surface area (Å²) in [6.45, 7) is 1.13. The van der Waals surface area contributed by atoms with Crippen LogP contribution in [-0.2, 0) is 13.1 Å². The number of phenols is 1. The van der Waals surface area contributed by atoms with E-state index in [9.17, 15) is 5.11 Å². The van der Waals surface area contributed by atoms with Gasteiger partial charge in [0, 0.05) is 24.7 Å². The second-order valence-electron chi connectivity index (χ2n) is 3.56. The zero-order valence-electron chi connectivity index (χ0n) is 9.51. The fourth-order valence-corrected chi connectivity index (χ4v) is 1.53. The molecule has 0 fully saturated rings. The minimum atomic E-state index is 0.169. The summed E-state index contributed by atoms with van der Waals surface area (Å²) < 4.78 is 9.75. The van der Waals surface area contributed by atoms with E-state index in [-0.39, 0.29) is 5.75 Å². The van der Waals surface area contributed by atoms with Crippen LogP contribution in [0.2, 0.25) is 0 Å². The molecule has 1 heterocycles. The van der Waals surface area contributed by atoms with Gasteiger partial charge in [0.05, 0.1) is 12.8 Å². The van der Waals surface area contributed by atoms with Gasteiger partial charge < -0.3 is 19.7 Å². The van der Waals surface area contributed by atoms with E-state index in [1.165, 1.54) is 13.4 Å². The van der Waals surface area contributed by atoms with Crippen molar-refractivity contribution < 1.29 is 14.4 Å². The summed E-state index contributed by atoms with van der Waals surface area (Å²) in [5.41, 5.74) is 1.61. The average molecular weight is 234 g/mol. The van der Waals surface area contributed by atoms with Gasteiger partial charge in [-0.25, -0.2) is 0 Å². The molecule has 17 heavy (non-hydrogen) atoms. The lowest BCUT2D eigenvalue weighted by molar-refractivity contribution is 0.369. The highest BCUT2D eigenvalue weighted by Gasteiger charge is 2.06. The van der Waals surface area contributed by atoms with E-state index < -0.39 is 0 Å². The Kier molecular flexibility index (Phi) is 3.62. The number of phenolic OH excluding ortho intramolecular Hbond substituents is 1. The Morgan fingerprint density at radius 2 is 2.24 bits per heavy atom. The first-order chi connectivity index (χ1) is 8.31. The zero-order valence-corrected chi connectivity index (χ0v) is 9.51. The fourth-order valence-electron chi connectivity index (χ4n) is 1.53. The molecule has 1 aromatic heterocycles. The first-order valence-electron chi connectivity index (χ1n) is 5.26. The maximum absolute atomic E-state index is 9.85. The summed E-state index contributed by atoms with van der Waals surface area (Å²) in [4.78, 5) is 0. The van der Waals surface area contributed by atoms with Gasteiger partial charge in [-0.2, -0.15) is 0 Å². The third-order valence-electron chi connectivity index (χ3n) is 2.42. The number of rotatable bonds is 5. The maximum atomic E-state index is 9.85. The van der Waals surface area contributed by atoms with Crippen LogP contribution in [-0.4, -0.2) is 17.4 Å². The average Bonchev–Trinajstić information content (AvgIpc) is 2.84. The van der Waals surface area contributed by atoms with Crippen molar-refractivity contribution in [2.45, 2.75) is 13.1 Å². The van der Waals surface area contributed by atoms with E-state index in [0.29, 0.717) is 18.8 Å². The van der Waals surface area contributed by atoms with Crippen molar-refractivity contribution in [3.05, 3.63) is 41.8 Å². The molecule has 0 saturated heterocycles. The van der Waals surface area contributed by atoms with E-state index >= 15 is 0 Å². The molecule has 0 atom stereocenters. The largest absolute Gasteiger partial charge is 0.504 e. The summed E-state index contributed by atoms with van der Waals surface area (Å²) in [6, 6.07) is 7.19. The third-order valence-corrected chi connectivity index (χ3v) is 2.42. The molecule has 0 amide bonds. The number of nitrogens with one attached hydrogen (secondary N) is 1. The first-order valence-corrected chi connectivity index (χ1v) is 5.26. The molecule has 5 nitrogen and oxygen atoms in total. The van der Waals surface area contributed by atoms with Gasteiger partial charge in [-0.1, -0.05) is 17.3 Å². The minimum absolute atomic E-state index is 0.169. The second kappa shape index (κ2) is 5.36. The van der Waals surface area contributed by atoms with Crippen LogP contribution in [0.3, 0.4) is 0 Å². The minimum Gasteiger partial charge on any atom is -0.504 e. The quantitative estimate of drug-likeness (QED) is 0.823. The van der Waals surface area contributed by atoms with E-state index in [2.05, 4.69) is 10.5 Å². The third kappa shape index (κ3) is 2.76. The molecule has 0 aliphatic heterocycles. The lowest BCUT2D eigenvalue weighted by Gasteiger charge is -2.08. The van der Waals surface area contributed by atoms with Crippen molar-refractivity contribution in [1.29, 1.82) is 0 Å². The molecule has 2 rings (SSSR count).